The van der Waals surface area contributed by atoms with E-state index in [0.29, 0.717) is 23.6 Å². The van der Waals surface area contributed by atoms with E-state index in [4.69, 9.17) is 9.47 Å². The Morgan fingerprint density at radius 2 is 1.84 bits per heavy atom. The van der Waals surface area contributed by atoms with E-state index in [1.54, 1.807) is 25.3 Å². The van der Waals surface area contributed by atoms with Gasteiger partial charge in [-0.3, -0.25) is 19.7 Å². The fourth-order valence-corrected chi connectivity index (χ4v) is 3.03. The fourth-order valence-electron chi connectivity index (χ4n) is 3.03. The molecule has 32 heavy (non-hydrogen) atoms. The van der Waals surface area contributed by atoms with E-state index >= 15 is 0 Å². The van der Waals surface area contributed by atoms with Crippen molar-refractivity contribution < 1.29 is 19.2 Å². The van der Waals surface area contributed by atoms with Gasteiger partial charge in [0, 0.05) is 36.7 Å². The lowest BCUT2D eigenvalue weighted by Crippen LogP contribution is -2.23. The number of hydrogen-bond acceptors (Lipinski definition) is 7. The minimum atomic E-state index is -0.553. The van der Waals surface area contributed by atoms with Gasteiger partial charge < -0.3 is 14.8 Å². The molecule has 1 heterocycles. The number of ether oxygens (including phenoxy) is 2. The van der Waals surface area contributed by atoms with Crippen LogP contribution in [-0.2, 0) is 11.3 Å². The highest BCUT2D eigenvalue weighted by molar-refractivity contribution is 5.92. The van der Waals surface area contributed by atoms with Gasteiger partial charge in [-0.1, -0.05) is 0 Å². The molecule has 2 aromatic carbocycles. The maximum absolute atomic E-state index is 12.3. The van der Waals surface area contributed by atoms with Crippen molar-refractivity contribution in [3.05, 3.63) is 75.1 Å². The van der Waals surface area contributed by atoms with E-state index in [1.165, 1.54) is 36.1 Å². The molecular weight excluding hydrogens is 416 g/mol. The van der Waals surface area contributed by atoms with Gasteiger partial charge in [0.1, 0.15) is 11.5 Å². The van der Waals surface area contributed by atoms with Crippen molar-refractivity contribution in [2.75, 3.05) is 19.5 Å². The molecule has 166 valence electrons. The molecule has 1 amide bonds. The maximum atomic E-state index is 12.3. The van der Waals surface area contributed by atoms with E-state index in [9.17, 15) is 19.7 Å². The van der Waals surface area contributed by atoms with Crippen molar-refractivity contribution in [1.82, 2.24) is 9.78 Å². The highest BCUT2D eigenvalue weighted by Crippen LogP contribution is 2.29. The first-order valence-corrected chi connectivity index (χ1v) is 9.76. The zero-order valence-electron chi connectivity index (χ0n) is 17.6. The topological polar surface area (TPSA) is 126 Å². The molecule has 0 atom stereocenters. The SMILES string of the molecule is COc1ccc(-c2ccc(=O)n(CCCC(=O)Nc3cc([N+](=O)[O-])ccc3OC)n2)cc1. The first-order chi connectivity index (χ1) is 15.4. The second kappa shape index (κ2) is 10.2. The second-order valence-corrected chi connectivity index (χ2v) is 6.80. The molecule has 0 aliphatic rings. The molecule has 0 saturated carbocycles. The van der Waals surface area contributed by atoms with Gasteiger partial charge in [0.05, 0.1) is 30.5 Å². The second-order valence-electron chi connectivity index (χ2n) is 6.80. The van der Waals surface area contributed by atoms with Crippen LogP contribution in [0.3, 0.4) is 0 Å². The van der Waals surface area contributed by atoms with Crippen LogP contribution in [0.2, 0.25) is 0 Å². The van der Waals surface area contributed by atoms with E-state index in [1.807, 2.05) is 12.1 Å². The Labute approximate surface area is 183 Å². The van der Waals surface area contributed by atoms with Crippen LogP contribution in [-0.4, -0.2) is 34.8 Å². The molecule has 3 aromatic rings. The normalized spacial score (nSPS) is 10.4. The summed E-state index contributed by atoms with van der Waals surface area (Å²) in [7, 11) is 2.99. The maximum Gasteiger partial charge on any atom is 0.271 e. The molecule has 0 fully saturated rings. The molecule has 0 aliphatic carbocycles. The van der Waals surface area contributed by atoms with Crippen molar-refractivity contribution in [3.8, 4) is 22.8 Å². The molecule has 10 heteroatoms. The molecule has 0 bridgehead atoms. The molecular formula is C22H22N4O6. The minimum Gasteiger partial charge on any atom is -0.497 e. The van der Waals surface area contributed by atoms with Crippen LogP contribution in [0.1, 0.15) is 12.8 Å². The standard InChI is InChI=1S/C22H22N4O6/c1-31-17-8-5-15(6-9-17)18-10-12-22(28)25(24-18)13-3-4-21(27)23-19-14-16(26(29)30)7-11-20(19)32-2/h5-12,14H,3-4,13H2,1-2H3,(H,23,27). The third kappa shape index (κ3) is 5.48. The third-order valence-electron chi connectivity index (χ3n) is 4.69. The molecule has 0 unspecified atom stereocenters. The number of nitro groups is 1. The van der Waals surface area contributed by atoms with Gasteiger partial charge in [-0.05, 0) is 42.8 Å². The van der Waals surface area contributed by atoms with Gasteiger partial charge in [-0.15, -0.1) is 0 Å². The van der Waals surface area contributed by atoms with E-state index in [-0.39, 0.29) is 35.8 Å². The van der Waals surface area contributed by atoms with Crippen LogP contribution >= 0.6 is 0 Å². The Morgan fingerprint density at radius 1 is 1.09 bits per heavy atom. The average molecular weight is 438 g/mol. The zero-order valence-corrected chi connectivity index (χ0v) is 17.6. The predicted molar refractivity (Wildman–Crippen MR) is 118 cm³/mol. The van der Waals surface area contributed by atoms with Crippen molar-refractivity contribution >= 4 is 17.3 Å². The van der Waals surface area contributed by atoms with Crippen LogP contribution in [0.4, 0.5) is 11.4 Å². The highest BCUT2D eigenvalue weighted by atomic mass is 16.6. The number of aromatic nitrogens is 2. The van der Waals surface area contributed by atoms with Crippen LogP contribution in [0.5, 0.6) is 11.5 Å². The van der Waals surface area contributed by atoms with Crippen molar-refractivity contribution in [1.29, 1.82) is 0 Å². The van der Waals surface area contributed by atoms with Crippen LogP contribution < -0.4 is 20.3 Å². The number of anilines is 1. The summed E-state index contributed by atoms with van der Waals surface area (Å²) in [5, 5.41) is 18.0. The lowest BCUT2D eigenvalue weighted by molar-refractivity contribution is -0.384. The molecule has 0 spiro atoms. The number of nitrogens with one attached hydrogen (secondary N) is 1. The zero-order chi connectivity index (χ0) is 23.1. The molecule has 0 radical (unpaired) electrons. The van der Waals surface area contributed by atoms with Gasteiger partial charge in [-0.2, -0.15) is 5.10 Å². The summed E-state index contributed by atoms with van der Waals surface area (Å²) in [5.74, 6) is 0.672. The van der Waals surface area contributed by atoms with Gasteiger partial charge in [0.25, 0.3) is 11.2 Å². The van der Waals surface area contributed by atoms with Gasteiger partial charge in [0.15, 0.2) is 0 Å². The number of nitro benzene ring substituents is 1. The highest BCUT2D eigenvalue weighted by Gasteiger charge is 2.14. The smallest absolute Gasteiger partial charge is 0.271 e. The van der Waals surface area contributed by atoms with Crippen molar-refractivity contribution in [3.63, 3.8) is 0 Å². The van der Waals surface area contributed by atoms with Crippen LogP contribution in [0.25, 0.3) is 11.3 Å². The molecule has 1 N–H and O–H groups in total. The number of benzene rings is 2. The Morgan fingerprint density at radius 3 is 2.50 bits per heavy atom. The lowest BCUT2D eigenvalue weighted by atomic mass is 10.1. The number of carbonyl (C=O) groups is 1. The van der Waals surface area contributed by atoms with Crippen LogP contribution in [0, 0.1) is 10.1 Å². The molecule has 10 nitrogen and oxygen atoms in total. The van der Waals surface area contributed by atoms with Gasteiger partial charge in [-0.25, -0.2) is 4.68 Å². The van der Waals surface area contributed by atoms with Crippen molar-refractivity contribution in [2.45, 2.75) is 19.4 Å². The quantitative estimate of drug-likeness (QED) is 0.401. The number of carbonyl (C=O) groups excluding carboxylic acids is 1. The number of non-ortho nitro benzene ring substituents is 1. The Kier molecular flexibility index (Phi) is 7.17. The Bertz CT molecular complexity index is 1170. The van der Waals surface area contributed by atoms with Gasteiger partial charge in [0.2, 0.25) is 5.91 Å². The van der Waals surface area contributed by atoms with Crippen molar-refractivity contribution in [2.24, 2.45) is 0 Å². The van der Waals surface area contributed by atoms with Gasteiger partial charge >= 0.3 is 0 Å². The van der Waals surface area contributed by atoms with E-state index < -0.39 is 4.92 Å². The summed E-state index contributed by atoms with van der Waals surface area (Å²) >= 11 is 0. The van der Waals surface area contributed by atoms with Crippen LogP contribution in [0.15, 0.2) is 59.4 Å². The summed E-state index contributed by atoms with van der Waals surface area (Å²) in [6.45, 7) is 0.238. The summed E-state index contributed by atoms with van der Waals surface area (Å²) in [6.07, 6.45) is 0.439. The minimum absolute atomic E-state index is 0.0900. The fraction of sp³-hybridized carbons (Fsp3) is 0.227. The van der Waals surface area contributed by atoms with E-state index in [0.717, 1.165) is 5.56 Å². The number of nitrogens with zero attached hydrogens (tertiary/aromatic N) is 3. The summed E-state index contributed by atoms with van der Waals surface area (Å²) < 4.78 is 11.6. The number of aryl methyl sites for hydroxylation is 1. The third-order valence-corrected chi connectivity index (χ3v) is 4.69. The predicted octanol–water partition coefficient (Wildman–Crippen LogP) is 3.25. The number of rotatable bonds is 9. The Balaban J connectivity index is 1.64. The number of methoxy groups -OCH3 is 2. The molecule has 0 saturated heterocycles. The van der Waals surface area contributed by atoms with E-state index in [2.05, 4.69) is 10.4 Å². The summed E-state index contributed by atoms with van der Waals surface area (Å²) in [5.41, 5.74) is 1.23. The molecule has 0 aliphatic heterocycles. The Hall–Kier alpha value is -4.21. The first kappa shape index (κ1) is 22.5. The number of amides is 1. The monoisotopic (exact) mass is 438 g/mol. The summed E-state index contributed by atoms with van der Waals surface area (Å²) in [6, 6.07) is 14.3. The molecule has 3 rings (SSSR count). The average Bonchev–Trinajstić information content (AvgIpc) is 2.80. The number of hydrogen-bond donors (Lipinski definition) is 1. The summed E-state index contributed by atoms with van der Waals surface area (Å²) in [4.78, 5) is 34.9. The first-order valence-electron chi connectivity index (χ1n) is 9.76. The largest absolute Gasteiger partial charge is 0.497 e. The lowest BCUT2D eigenvalue weighted by Gasteiger charge is -2.10. The molecule has 1 aromatic heterocycles.